The first-order valence-corrected chi connectivity index (χ1v) is 10.9. The number of benzene rings is 1. The van der Waals surface area contributed by atoms with Crippen molar-refractivity contribution in [3.8, 4) is 0 Å². The number of aryl methyl sites for hydroxylation is 1. The van der Waals surface area contributed by atoms with Crippen LogP contribution in [0.2, 0.25) is 0 Å². The fourth-order valence-electron chi connectivity index (χ4n) is 4.19. The molecule has 3 heterocycles. The number of hydrogen-bond donors (Lipinski definition) is 0. The van der Waals surface area contributed by atoms with E-state index < -0.39 is 9.84 Å². The molecule has 2 saturated heterocycles. The molecule has 2 aliphatic rings. The van der Waals surface area contributed by atoms with Gasteiger partial charge in [0, 0.05) is 30.1 Å². The normalized spacial score (nSPS) is 25.5. The van der Waals surface area contributed by atoms with Gasteiger partial charge in [-0.15, -0.1) is 0 Å². The Balaban J connectivity index is 1.58. The Hall–Kier alpha value is -1.86. The highest BCUT2D eigenvalue weighted by atomic mass is 32.2. The Morgan fingerprint density at radius 1 is 1.23 bits per heavy atom. The molecule has 7 heteroatoms. The zero-order valence-corrected chi connectivity index (χ0v) is 16.0. The number of hydrogen-bond acceptors (Lipinski definition) is 5. The molecule has 2 aliphatic heterocycles. The molecule has 2 aromatic rings. The Bertz CT molecular complexity index is 950. The summed E-state index contributed by atoms with van der Waals surface area (Å²) in [6.45, 7) is 3.37. The summed E-state index contributed by atoms with van der Waals surface area (Å²) in [7, 11) is -1.15. The molecule has 0 unspecified atom stereocenters. The van der Waals surface area contributed by atoms with Gasteiger partial charge in [-0.1, -0.05) is 13.0 Å². The third kappa shape index (κ3) is 3.03. The molecule has 6 nitrogen and oxygen atoms in total. The second kappa shape index (κ2) is 6.39. The molecule has 140 valence electrons. The van der Waals surface area contributed by atoms with Crippen molar-refractivity contribution in [2.24, 2.45) is 0 Å². The van der Waals surface area contributed by atoms with Crippen molar-refractivity contribution in [2.45, 2.75) is 31.8 Å². The number of fused-ring (bicyclic) bond motifs is 2. The standard InChI is InChI=1S/C19H24N2O4S/c1-3-13-4-5-18-15(8-13)14(10-25-18)9-19(22)21-7-6-20(2)16-11-26(23,24)12-17(16)21/h4-5,8,10,16-17H,3,6-7,9,11-12H2,1-2H3/t16-,17+/m0/s1. The minimum atomic E-state index is -3.09. The molecule has 0 radical (unpaired) electrons. The number of furan rings is 1. The van der Waals surface area contributed by atoms with E-state index in [-0.39, 0.29) is 35.9 Å². The Morgan fingerprint density at radius 2 is 2.00 bits per heavy atom. The van der Waals surface area contributed by atoms with E-state index in [9.17, 15) is 13.2 Å². The van der Waals surface area contributed by atoms with E-state index in [4.69, 9.17) is 4.42 Å². The molecule has 1 aromatic heterocycles. The number of carbonyl (C=O) groups excluding carboxylic acids is 1. The molecule has 2 fully saturated rings. The molecule has 0 spiro atoms. The third-order valence-electron chi connectivity index (χ3n) is 5.74. The summed E-state index contributed by atoms with van der Waals surface area (Å²) in [6, 6.07) is 5.72. The maximum atomic E-state index is 13.0. The van der Waals surface area contributed by atoms with Gasteiger partial charge in [-0.05, 0) is 31.2 Å². The molecule has 2 atom stereocenters. The quantitative estimate of drug-likeness (QED) is 0.811. The first kappa shape index (κ1) is 17.5. The SMILES string of the molecule is CCc1ccc2occ(CC(=O)N3CCN(C)[C@H]4CS(=O)(=O)C[C@H]43)c2c1. The van der Waals surface area contributed by atoms with Crippen molar-refractivity contribution in [3.05, 3.63) is 35.6 Å². The number of amides is 1. The van der Waals surface area contributed by atoms with Gasteiger partial charge in [0.15, 0.2) is 9.84 Å². The molecule has 0 N–H and O–H groups in total. The first-order chi connectivity index (χ1) is 12.4. The van der Waals surface area contributed by atoms with Gasteiger partial charge >= 0.3 is 0 Å². The predicted molar refractivity (Wildman–Crippen MR) is 99.9 cm³/mol. The average molecular weight is 376 g/mol. The molecule has 0 saturated carbocycles. The molecule has 0 aliphatic carbocycles. The van der Waals surface area contributed by atoms with Crippen LogP contribution in [0.5, 0.6) is 0 Å². The monoisotopic (exact) mass is 376 g/mol. The Labute approximate surface area is 153 Å². The molecule has 4 rings (SSSR count). The van der Waals surface area contributed by atoms with E-state index in [1.165, 1.54) is 5.56 Å². The highest BCUT2D eigenvalue weighted by molar-refractivity contribution is 7.91. The van der Waals surface area contributed by atoms with Crippen LogP contribution in [0.3, 0.4) is 0 Å². The summed E-state index contributed by atoms with van der Waals surface area (Å²) in [5.41, 5.74) is 2.86. The van der Waals surface area contributed by atoms with E-state index in [0.717, 1.165) is 23.0 Å². The van der Waals surface area contributed by atoms with Crippen LogP contribution in [0.15, 0.2) is 28.9 Å². The summed E-state index contributed by atoms with van der Waals surface area (Å²) in [4.78, 5) is 16.8. The second-order valence-corrected chi connectivity index (χ2v) is 9.55. The van der Waals surface area contributed by atoms with Crippen LogP contribution >= 0.6 is 0 Å². The Morgan fingerprint density at radius 3 is 2.77 bits per heavy atom. The molecule has 1 amide bonds. The molecule has 0 bridgehead atoms. The van der Waals surface area contributed by atoms with Gasteiger partial charge in [-0.25, -0.2) is 8.42 Å². The Kier molecular flexibility index (Phi) is 4.31. The highest BCUT2D eigenvalue weighted by Crippen LogP contribution is 2.28. The first-order valence-electron chi connectivity index (χ1n) is 9.07. The van der Waals surface area contributed by atoms with Gasteiger partial charge in [-0.3, -0.25) is 9.69 Å². The van der Waals surface area contributed by atoms with Crippen LogP contribution in [0.4, 0.5) is 0 Å². The smallest absolute Gasteiger partial charge is 0.227 e. The second-order valence-electron chi connectivity index (χ2n) is 7.40. The van der Waals surface area contributed by atoms with Gasteiger partial charge in [-0.2, -0.15) is 0 Å². The number of piperazine rings is 1. The van der Waals surface area contributed by atoms with Crippen LogP contribution < -0.4 is 0 Å². The van der Waals surface area contributed by atoms with Gasteiger partial charge < -0.3 is 9.32 Å². The minimum Gasteiger partial charge on any atom is -0.464 e. The van der Waals surface area contributed by atoms with Gasteiger partial charge in [0.25, 0.3) is 0 Å². The molecular weight excluding hydrogens is 352 g/mol. The third-order valence-corrected chi connectivity index (χ3v) is 7.44. The minimum absolute atomic E-state index is 0.0187. The molecule has 1 aromatic carbocycles. The zero-order valence-electron chi connectivity index (χ0n) is 15.1. The van der Waals surface area contributed by atoms with Gasteiger partial charge in [0.05, 0.1) is 30.2 Å². The predicted octanol–water partition coefficient (Wildman–Crippen LogP) is 1.48. The number of rotatable bonds is 3. The molecule has 26 heavy (non-hydrogen) atoms. The lowest BCUT2D eigenvalue weighted by Gasteiger charge is -2.42. The summed E-state index contributed by atoms with van der Waals surface area (Å²) in [6.07, 6.45) is 2.82. The van der Waals surface area contributed by atoms with Gasteiger partial charge in [0.2, 0.25) is 5.91 Å². The lowest BCUT2D eigenvalue weighted by molar-refractivity contribution is -0.135. The largest absolute Gasteiger partial charge is 0.464 e. The maximum Gasteiger partial charge on any atom is 0.227 e. The molecular formula is C19H24N2O4S. The van der Waals surface area contributed by atoms with Crippen LogP contribution in [0.25, 0.3) is 11.0 Å². The van der Waals surface area contributed by atoms with E-state index in [1.54, 1.807) is 11.2 Å². The number of sulfone groups is 1. The zero-order chi connectivity index (χ0) is 18.5. The number of carbonyl (C=O) groups is 1. The van der Waals surface area contributed by atoms with Crippen LogP contribution in [-0.2, 0) is 27.5 Å². The van der Waals surface area contributed by atoms with Crippen LogP contribution in [-0.4, -0.2) is 67.9 Å². The van der Waals surface area contributed by atoms with Crippen molar-refractivity contribution in [2.75, 3.05) is 31.6 Å². The fourth-order valence-corrected chi connectivity index (χ4v) is 6.24. The topological polar surface area (TPSA) is 70.8 Å². The van der Waals surface area contributed by atoms with Crippen molar-refractivity contribution >= 4 is 26.7 Å². The van der Waals surface area contributed by atoms with Crippen molar-refractivity contribution in [1.29, 1.82) is 0 Å². The van der Waals surface area contributed by atoms with Crippen LogP contribution in [0.1, 0.15) is 18.1 Å². The lowest BCUT2D eigenvalue weighted by Crippen LogP contribution is -2.59. The maximum absolute atomic E-state index is 13.0. The van der Waals surface area contributed by atoms with Crippen LogP contribution in [0, 0.1) is 0 Å². The van der Waals surface area contributed by atoms with E-state index >= 15 is 0 Å². The van der Waals surface area contributed by atoms with E-state index in [2.05, 4.69) is 17.9 Å². The summed E-state index contributed by atoms with van der Waals surface area (Å²) < 4.78 is 29.8. The van der Waals surface area contributed by atoms with E-state index in [1.807, 2.05) is 19.2 Å². The number of nitrogens with zero attached hydrogens (tertiary/aromatic N) is 2. The van der Waals surface area contributed by atoms with Crippen molar-refractivity contribution < 1.29 is 17.6 Å². The number of likely N-dealkylation sites (N-methyl/N-ethyl adjacent to an activating group) is 1. The summed E-state index contributed by atoms with van der Waals surface area (Å²) in [5.74, 6) is 0.196. The average Bonchev–Trinajstić information content (AvgIpc) is 3.15. The van der Waals surface area contributed by atoms with Crippen molar-refractivity contribution in [1.82, 2.24) is 9.80 Å². The van der Waals surface area contributed by atoms with Crippen molar-refractivity contribution in [3.63, 3.8) is 0 Å². The summed E-state index contributed by atoms with van der Waals surface area (Å²) in [5, 5.41) is 0.974. The van der Waals surface area contributed by atoms with Gasteiger partial charge in [0.1, 0.15) is 5.58 Å². The van der Waals surface area contributed by atoms with E-state index in [0.29, 0.717) is 13.1 Å². The fraction of sp³-hybridized carbons (Fsp3) is 0.526. The lowest BCUT2D eigenvalue weighted by atomic mass is 10.0. The summed E-state index contributed by atoms with van der Waals surface area (Å²) >= 11 is 0. The highest BCUT2D eigenvalue weighted by Gasteiger charge is 2.46.